The third-order valence-corrected chi connectivity index (χ3v) is 4.03. The molecule has 0 spiro atoms. The van der Waals surface area contributed by atoms with Crippen LogP contribution in [0.5, 0.6) is 5.75 Å². The van der Waals surface area contributed by atoms with Gasteiger partial charge in [0.05, 0.1) is 10.2 Å². The summed E-state index contributed by atoms with van der Waals surface area (Å²) in [4.78, 5) is 2.08. The second kappa shape index (κ2) is 8.19. The monoisotopic (exact) mass is 409 g/mol. The highest BCUT2D eigenvalue weighted by Gasteiger charge is 2.01. The summed E-state index contributed by atoms with van der Waals surface area (Å²) in [5.74, 6) is 0.808. The van der Waals surface area contributed by atoms with E-state index in [9.17, 15) is 0 Å². The molecule has 0 aliphatic carbocycles. The van der Waals surface area contributed by atoms with E-state index in [1.54, 1.807) is 0 Å². The summed E-state index contributed by atoms with van der Waals surface area (Å²) in [5, 5.41) is 8.80. The normalized spacial score (nSPS) is 10.9. The Morgan fingerprint density at radius 2 is 1.68 bits per heavy atom. The standard InChI is InChI=1S/C18H20INO2/c1-20(2)16-8-5-14(6-9-16)3-4-15-7-10-18(17(19)13-15)22-12-11-21/h3-10,13,21H,11-12H2,1-2H3/b4-3+. The first kappa shape index (κ1) is 16.8. The molecule has 116 valence electrons. The van der Waals surface area contributed by atoms with Crippen LogP contribution in [0.3, 0.4) is 0 Å². The van der Waals surface area contributed by atoms with Gasteiger partial charge in [-0.25, -0.2) is 0 Å². The first-order valence-corrected chi connectivity index (χ1v) is 8.16. The second-order valence-corrected chi connectivity index (χ2v) is 6.24. The fourth-order valence-corrected chi connectivity index (χ4v) is 2.66. The zero-order chi connectivity index (χ0) is 15.9. The lowest BCUT2D eigenvalue weighted by molar-refractivity contribution is 0.200. The van der Waals surface area contributed by atoms with Gasteiger partial charge in [-0.2, -0.15) is 0 Å². The molecule has 0 saturated carbocycles. The first-order chi connectivity index (χ1) is 10.6. The first-order valence-electron chi connectivity index (χ1n) is 7.09. The van der Waals surface area contributed by atoms with Crippen LogP contribution in [-0.2, 0) is 0 Å². The van der Waals surface area contributed by atoms with Crippen LogP contribution in [0.25, 0.3) is 12.2 Å². The molecule has 0 heterocycles. The van der Waals surface area contributed by atoms with Crippen molar-refractivity contribution in [3.8, 4) is 5.75 Å². The molecular weight excluding hydrogens is 389 g/mol. The number of halogens is 1. The minimum Gasteiger partial charge on any atom is -0.490 e. The Bertz CT molecular complexity index is 636. The summed E-state index contributed by atoms with van der Waals surface area (Å²) >= 11 is 2.25. The van der Waals surface area contributed by atoms with E-state index >= 15 is 0 Å². The Morgan fingerprint density at radius 3 is 2.27 bits per heavy atom. The molecule has 0 fully saturated rings. The van der Waals surface area contributed by atoms with Crippen molar-refractivity contribution in [3.63, 3.8) is 0 Å². The Kier molecular flexibility index (Phi) is 6.27. The minimum absolute atomic E-state index is 0.0285. The van der Waals surface area contributed by atoms with Crippen LogP contribution in [0.15, 0.2) is 42.5 Å². The number of aliphatic hydroxyl groups excluding tert-OH is 1. The van der Waals surface area contributed by atoms with Crippen molar-refractivity contribution in [2.75, 3.05) is 32.2 Å². The van der Waals surface area contributed by atoms with Crippen LogP contribution in [0.1, 0.15) is 11.1 Å². The fourth-order valence-electron chi connectivity index (χ4n) is 1.97. The van der Waals surface area contributed by atoms with Crippen LogP contribution in [-0.4, -0.2) is 32.4 Å². The van der Waals surface area contributed by atoms with E-state index in [4.69, 9.17) is 9.84 Å². The summed E-state index contributed by atoms with van der Waals surface area (Å²) in [6, 6.07) is 14.4. The van der Waals surface area contributed by atoms with Gasteiger partial charge in [-0.3, -0.25) is 0 Å². The number of anilines is 1. The van der Waals surface area contributed by atoms with E-state index in [0.717, 1.165) is 14.9 Å². The number of aliphatic hydroxyl groups is 1. The molecule has 0 saturated heterocycles. The average molecular weight is 409 g/mol. The maximum atomic E-state index is 8.80. The molecule has 2 rings (SSSR count). The summed E-state index contributed by atoms with van der Waals surface area (Å²) in [7, 11) is 4.07. The van der Waals surface area contributed by atoms with Gasteiger partial charge in [0.15, 0.2) is 0 Å². The quantitative estimate of drug-likeness (QED) is 0.581. The van der Waals surface area contributed by atoms with Crippen LogP contribution in [0.4, 0.5) is 5.69 Å². The molecule has 2 aromatic rings. The molecule has 22 heavy (non-hydrogen) atoms. The predicted molar refractivity (Wildman–Crippen MR) is 101 cm³/mol. The fraction of sp³-hybridized carbons (Fsp3) is 0.222. The van der Waals surface area contributed by atoms with E-state index in [0.29, 0.717) is 6.61 Å². The summed E-state index contributed by atoms with van der Waals surface area (Å²) in [6.07, 6.45) is 4.18. The lowest BCUT2D eigenvalue weighted by Crippen LogP contribution is -2.07. The molecule has 0 aliphatic heterocycles. The predicted octanol–water partition coefficient (Wildman–Crippen LogP) is 3.90. The van der Waals surface area contributed by atoms with E-state index in [2.05, 4.69) is 70.0 Å². The van der Waals surface area contributed by atoms with Crippen molar-refractivity contribution in [1.29, 1.82) is 0 Å². The van der Waals surface area contributed by atoms with Gasteiger partial charge >= 0.3 is 0 Å². The molecule has 1 N–H and O–H groups in total. The average Bonchev–Trinajstić information content (AvgIpc) is 2.52. The van der Waals surface area contributed by atoms with E-state index < -0.39 is 0 Å². The van der Waals surface area contributed by atoms with Crippen molar-refractivity contribution in [2.24, 2.45) is 0 Å². The number of hydrogen-bond acceptors (Lipinski definition) is 3. The topological polar surface area (TPSA) is 32.7 Å². The molecule has 4 heteroatoms. The largest absolute Gasteiger partial charge is 0.490 e. The van der Waals surface area contributed by atoms with Crippen molar-refractivity contribution >= 4 is 40.4 Å². The van der Waals surface area contributed by atoms with E-state index in [-0.39, 0.29) is 6.61 Å². The van der Waals surface area contributed by atoms with Crippen LogP contribution >= 0.6 is 22.6 Å². The highest BCUT2D eigenvalue weighted by Crippen LogP contribution is 2.23. The van der Waals surface area contributed by atoms with Crippen LogP contribution < -0.4 is 9.64 Å². The molecule has 0 atom stereocenters. The van der Waals surface area contributed by atoms with Crippen molar-refractivity contribution in [2.45, 2.75) is 0 Å². The smallest absolute Gasteiger partial charge is 0.132 e. The summed E-state index contributed by atoms with van der Waals surface area (Å²) in [5.41, 5.74) is 3.48. The third-order valence-electron chi connectivity index (χ3n) is 3.18. The number of hydrogen-bond donors (Lipinski definition) is 1. The second-order valence-electron chi connectivity index (χ2n) is 5.08. The zero-order valence-corrected chi connectivity index (χ0v) is 14.9. The molecule has 0 radical (unpaired) electrons. The Morgan fingerprint density at radius 1 is 1.05 bits per heavy atom. The van der Waals surface area contributed by atoms with Crippen molar-refractivity contribution < 1.29 is 9.84 Å². The maximum Gasteiger partial charge on any atom is 0.132 e. The van der Waals surface area contributed by atoms with Gasteiger partial charge in [0.1, 0.15) is 12.4 Å². The van der Waals surface area contributed by atoms with Gasteiger partial charge in [-0.15, -0.1) is 0 Å². The van der Waals surface area contributed by atoms with Crippen LogP contribution in [0.2, 0.25) is 0 Å². The van der Waals surface area contributed by atoms with Gasteiger partial charge in [0, 0.05) is 19.8 Å². The number of nitrogens with zero attached hydrogens (tertiary/aromatic N) is 1. The molecular formula is C18H20INO2. The highest BCUT2D eigenvalue weighted by atomic mass is 127. The SMILES string of the molecule is CN(C)c1ccc(/C=C/c2ccc(OCCO)c(I)c2)cc1. The van der Waals surface area contributed by atoms with E-state index in [1.807, 2.05) is 26.2 Å². The van der Waals surface area contributed by atoms with Gasteiger partial charge in [-0.1, -0.05) is 30.4 Å². The van der Waals surface area contributed by atoms with Gasteiger partial charge < -0.3 is 14.7 Å². The molecule has 0 bridgehead atoms. The maximum absolute atomic E-state index is 8.80. The molecule has 0 amide bonds. The molecule has 3 nitrogen and oxygen atoms in total. The minimum atomic E-state index is 0.0285. The third kappa shape index (κ3) is 4.74. The Balaban J connectivity index is 2.07. The zero-order valence-electron chi connectivity index (χ0n) is 12.8. The van der Waals surface area contributed by atoms with E-state index in [1.165, 1.54) is 11.3 Å². The molecule has 0 unspecified atom stereocenters. The Labute approximate surface area is 145 Å². The lowest BCUT2D eigenvalue weighted by atomic mass is 10.1. The van der Waals surface area contributed by atoms with Gasteiger partial charge in [-0.05, 0) is 58.0 Å². The summed E-state index contributed by atoms with van der Waals surface area (Å²) in [6.45, 7) is 0.351. The van der Waals surface area contributed by atoms with Gasteiger partial charge in [0.2, 0.25) is 0 Å². The Hall–Kier alpha value is -1.53. The summed E-state index contributed by atoms with van der Waals surface area (Å²) < 4.78 is 6.49. The number of benzene rings is 2. The number of ether oxygens (including phenoxy) is 1. The molecule has 2 aromatic carbocycles. The lowest BCUT2D eigenvalue weighted by Gasteiger charge is -2.11. The number of rotatable bonds is 6. The van der Waals surface area contributed by atoms with Crippen LogP contribution in [0, 0.1) is 3.57 Å². The van der Waals surface area contributed by atoms with Crippen molar-refractivity contribution in [1.82, 2.24) is 0 Å². The highest BCUT2D eigenvalue weighted by molar-refractivity contribution is 14.1. The van der Waals surface area contributed by atoms with Crippen molar-refractivity contribution in [3.05, 3.63) is 57.2 Å². The molecule has 0 aromatic heterocycles. The molecule has 0 aliphatic rings. The van der Waals surface area contributed by atoms with Gasteiger partial charge in [0.25, 0.3) is 0 Å².